The lowest BCUT2D eigenvalue weighted by Crippen LogP contribution is -2.28. The monoisotopic (exact) mass is 1010 g/mol. The highest BCUT2D eigenvalue weighted by Crippen LogP contribution is 2.21. The second kappa shape index (κ2) is 49.8. The Morgan fingerprint density at radius 3 is 0.896 bits per heavy atom. The van der Waals surface area contributed by atoms with Crippen molar-refractivity contribution in [3.8, 4) is 0 Å². The van der Waals surface area contributed by atoms with E-state index in [1.54, 1.807) is 20.8 Å². The number of hydrogen-bond donors (Lipinski definition) is 7. The molecular weight excluding hydrogens is 910 g/mol. The molecule has 7 nitrogen and oxygen atoms in total. The van der Waals surface area contributed by atoms with Crippen molar-refractivity contribution in [3.05, 3.63) is 0 Å². The topological polar surface area (TPSA) is 84.2 Å². The first-order valence-electron chi connectivity index (χ1n) is 24.0. The van der Waals surface area contributed by atoms with Crippen LogP contribution in [0.1, 0.15) is 176 Å². The highest BCUT2D eigenvalue weighted by Gasteiger charge is 2.26. The minimum atomic E-state index is -4.03. The Kier molecular flexibility index (Phi) is 59.4. The van der Waals surface area contributed by atoms with Crippen molar-refractivity contribution in [1.82, 2.24) is 37.2 Å². The van der Waals surface area contributed by atoms with Crippen molar-refractivity contribution in [2.75, 3.05) is 52.5 Å². The predicted octanol–water partition coefficient (Wildman–Crippen LogP) is 13.1. The van der Waals surface area contributed by atoms with E-state index < -0.39 is 49.4 Å². The van der Waals surface area contributed by atoms with E-state index in [1.807, 2.05) is 55.4 Å². The van der Waals surface area contributed by atoms with Crippen molar-refractivity contribution in [1.29, 1.82) is 0 Å². The van der Waals surface area contributed by atoms with Crippen molar-refractivity contribution < 1.29 is 57.1 Å². The number of halogens is 13. The number of hydrogen-bond acceptors (Lipinski definition) is 7. The Hall–Kier alpha value is -1.19. The van der Waals surface area contributed by atoms with Crippen LogP contribution in [0.25, 0.3) is 0 Å². The SMILES string of the molecule is CC(C)NCCC(C)(C)F.CC(C)NCCC(C)(F)F.CC(C)NCCC(F)(F)F.CC(C)NCCC(F)F.CC(C)NCCCC(F)(F)F.CC(C)NCCCF.CC(F)CCNC(C)C. The Balaban J connectivity index is -0.000000126. The second-order valence-electron chi connectivity index (χ2n) is 18.9. The van der Waals surface area contributed by atoms with Gasteiger partial charge in [0.05, 0.1) is 19.3 Å². The molecule has 0 fully saturated rings. The van der Waals surface area contributed by atoms with Crippen molar-refractivity contribution in [2.24, 2.45) is 0 Å². The lowest BCUT2D eigenvalue weighted by Gasteiger charge is -2.15. The highest BCUT2D eigenvalue weighted by atomic mass is 19.4. The molecule has 20 heteroatoms. The van der Waals surface area contributed by atoms with E-state index in [0.29, 0.717) is 69.1 Å². The zero-order valence-corrected chi connectivity index (χ0v) is 44.9. The molecule has 0 aromatic rings. The molecule has 0 amide bonds. The Labute approximate surface area is 401 Å². The summed E-state index contributed by atoms with van der Waals surface area (Å²) in [5.74, 6) is -2.53. The van der Waals surface area contributed by atoms with Gasteiger partial charge in [-0.1, -0.05) is 96.9 Å². The summed E-state index contributed by atoms with van der Waals surface area (Å²) >= 11 is 0. The van der Waals surface area contributed by atoms with Gasteiger partial charge < -0.3 is 37.2 Å². The molecule has 0 aromatic carbocycles. The first kappa shape index (κ1) is 79.9. The van der Waals surface area contributed by atoms with Gasteiger partial charge in [-0.15, -0.1) is 0 Å². The van der Waals surface area contributed by atoms with Gasteiger partial charge in [0, 0.05) is 81.2 Å². The molecule has 416 valence electrons. The lowest BCUT2D eigenvalue weighted by molar-refractivity contribution is -0.135. The van der Waals surface area contributed by atoms with Gasteiger partial charge in [0.25, 0.3) is 0 Å². The maximum absolute atomic E-state index is 12.8. The third kappa shape index (κ3) is 127. The minimum absolute atomic E-state index is 0.0150. The van der Waals surface area contributed by atoms with Gasteiger partial charge in [0.1, 0.15) is 5.67 Å². The second-order valence-corrected chi connectivity index (χ2v) is 18.9. The summed E-state index contributed by atoms with van der Waals surface area (Å²) in [4.78, 5) is 0. The molecule has 0 spiro atoms. The fraction of sp³-hybridized carbons (Fsp3) is 1.00. The highest BCUT2D eigenvalue weighted by molar-refractivity contribution is 4.68. The number of nitrogens with one attached hydrogen (secondary N) is 7. The maximum atomic E-state index is 12.8. The summed E-state index contributed by atoms with van der Waals surface area (Å²) in [6, 6.07) is 2.42. The molecule has 0 heterocycles. The third-order valence-corrected chi connectivity index (χ3v) is 7.41. The van der Waals surface area contributed by atoms with Crippen LogP contribution < -0.4 is 37.2 Å². The van der Waals surface area contributed by atoms with Crippen LogP contribution in [0, 0.1) is 0 Å². The zero-order chi connectivity index (χ0) is 54.5. The molecule has 0 aliphatic rings. The minimum Gasteiger partial charge on any atom is -0.315 e. The molecule has 0 bridgehead atoms. The van der Waals surface area contributed by atoms with Crippen LogP contribution >= 0.6 is 0 Å². The lowest BCUT2D eigenvalue weighted by atomic mass is 10.1. The molecule has 0 saturated heterocycles. The summed E-state index contributed by atoms with van der Waals surface area (Å²) in [7, 11) is 0. The summed E-state index contributed by atoms with van der Waals surface area (Å²) in [5.41, 5.74) is -1.03. The van der Waals surface area contributed by atoms with Crippen LogP contribution in [-0.2, 0) is 0 Å². The Morgan fingerprint density at radius 1 is 0.343 bits per heavy atom. The van der Waals surface area contributed by atoms with Gasteiger partial charge in [-0.05, 0) is 79.6 Å². The molecule has 0 aliphatic carbocycles. The van der Waals surface area contributed by atoms with Crippen LogP contribution in [0.5, 0.6) is 0 Å². The van der Waals surface area contributed by atoms with Gasteiger partial charge in [-0.2, -0.15) is 26.3 Å². The molecule has 1 atom stereocenters. The van der Waals surface area contributed by atoms with Crippen LogP contribution in [0.4, 0.5) is 57.1 Å². The first-order valence-corrected chi connectivity index (χ1v) is 24.0. The number of alkyl halides is 13. The molecule has 0 rings (SSSR count). The summed E-state index contributed by atoms with van der Waals surface area (Å²) in [5, 5.41) is 20.8. The first-order chi connectivity index (χ1) is 30.2. The van der Waals surface area contributed by atoms with E-state index in [1.165, 1.54) is 0 Å². The van der Waals surface area contributed by atoms with Gasteiger partial charge >= 0.3 is 12.4 Å². The van der Waals surface area contributed by atoms with Gasteiger partial charge in [-0.3, -0.25) is 4.39 Å². The largest absolute Gasteiger partial charge is 0.390 e. The molecule has 0 radical (unpaired) electrons. The fourth-order valence-electron chi connectivity index (χ4n) is 3.93. The number of rotatable bonds is 27. The van der Waals surface area contributed by atoms with E-state index in [4.69, 9.17) is 0 Å². The average Bonchev–Trinajstić information content (AvgIpc) is 3.08. The van der Waals surface area contributed by atoms with Crippen molar-refractivity contribution in [2.45, 2.75) is 255 Å². The van der Waals surface area contributed by atoms with E-state index in [2.05, 4.69) is 78.8 Å². The van der Waals surface area contributed by atoms with Crippen LogP contribution in [0.15, 0.2) is 0 Å². The molecule has 1 unspecified atom stereocenters. The Bertz CT molecular complexity index is 850. The molecule has 67 heavy (non-hydrogen) atoms. The average molecular weight is 1010 g/mol. The van der Waals surface area contributed by atoms with Crippen LogP contribution in [-0.4, -0.2) is 131 Å². The van der Waals surface area contributed by atoms with Gasteiger partial charge in [-0.25, -0.2) is 26.3 Å². The van der Waals surface area contributed by atoms with Crippen LogP contribution in [0.3, 0.4) is 0 Å². The van der Waals surface area contributed by atoms with E-state index in [0.717, 1.165) is 26.6 Å². The fourth-order valence-corrected chi connectivity index (χ4v) is 3.93. The quantitative estimate of drug-likeness (QED) is 0.0326. The van der Waals surface area contributed by atoms with Gasteiger partial charge in [0.2, 0.25) is 12.3 Å². The van der Waals surface area contributed by atoms with Crippen molar-refractivity contribution in [3.63, 3.8) is 0 Å². The standard InChI is InChI=1S/C8H18FN.C7H14F3N.C7H15F2N.C7H16FN.C6H12F3N.C6H13F2N.C6H14FN/c1-7(2)10-6-5-8(3,4)9;1-6(2)11-5-3-4-7(8,9)10;1-6(2)10-5-4-7(3,8)9;1-6(2)9-5-4-7(3)8;1-5(2)10-4-3-6(7,8)9;1-5(2)9-4-3-6(7)8;1-6(2)8-5-3-4-7/h7,10H,5-6H2,1-4H3;6,11H,3-5H2,1-2H3;6,10H,4-5H2,1-3H3;6-7,9H,4-5H2,1-3H3;5,10H,3-4H2,1-2H3;5-6,9H,3-4H2,1-2H3;6,8H,3-5H2,1-2H3. The van der Waals surface area contributed by atoms with Gasteiger partial charge in [0.15, 0.2) is 0 Å². The summed E-state index contributed by atoms with van der Waals surface area (Å²) < 4.78 is 153. The molecule has 0 aliphatic heterocycles. The van der Waals surface area contributed by atoms with E-state index in [9.17, 15) is 57.1 Å². The molecule has 0 saturated carbocycles. The molecule has 7 N–H and O–H groups in total. The van der Waals surface area contributed by atoms with E-state index >= 15 is 0 Å². The maximum Gasteiger partial charge on any atom is 0.390 e. The van der Waals surface area contributed by atoms with E-state index in [-0.39, 0.29) is 44.6 Å². The predicted molar refractivity (Wildman–Crippen MR) is 259 cm³/mol. The summed E-state index contributed by atoms with van der Waals surface area (Å²) in [6.45, 7) is 36.7. The molecule has 0 aromatic heterocycles. The zero-order valence-electron chi connectivity index (χ0n) is 44.9. The molecular formula is C47H102F13N7. The van der Waals surface area contributed by atoms with Crippen LogP contribution in [0.2, 0.25) is 0 Å². The normalized spacial score (nSPS) is 12.4. The Morgan fingerprint density at radius 2 is 0.627 bits per heavy atom. The third-order valence-electron chi connectivity index (χ3n) is 7.41. The smallest absolute Gasteiger partial charge is 0.315 e. The summed E-state index contributed by atoms with van der Waals surface area (Å²) in [6.07, 6.45) is -10.4. The van der Waals surface area contributed by atoms with Crippen molar-refractivity contribution >= 4 is 0 Å².